The van der Waals surface area contributed by atoms with E-state index in [0.717, 1.165) is 0 Å². The van der Waals surface area contributed by atoms with Crippen molar-refractivity contribution in [2.75, 3.05) is 0 Å². The fourth-order valence-corrected chi connectivity index (χ4v) is 0.677. The predicted molar refractivity (Wildman–Crippen MR) is 44.4 cm³/mol. The normalized spacial score (nSPS) is 9.92. The average Bonchev–Trinajstić information content (AvgIpc) is 2.00. The van der Waals surface area contributed by atoms with Crippen molar-refractivity contribution in [3.05, 3.63) is 0 Å². The number of carbonyl (C=O) groups excluding carboxylic acids is 3. The highest BCUT2D eigenvalue weighted by molar-refractivity contribution is 6.00. The Balaban J connectivity index is 3.69. The summed E-state index contributed by atoms with van der Waals surface area (Å²) >= 11 is 0. The van der Waals surface area contributed by atoms with Gasteiger partial charge in [-0.05, 0) is 0 Å². The molecule has 12 heavy (non-hydrogen) atoms. The highest BCUT2D eigenvalue weighted by Gasteiger charge is 2.12. The summed E-state index contributed by atoms with van der Waals surface area (Å²) in [4.78, 5) is 31.7. The summed E-state index contributed by atoms with van der Waals surface area (Å²) in [5, 5.41) is 0. The molecule has 0 N–H and O–H groups in total. The zero-order valence-corrected chi connectivity index (χ0v) is 7.42. The van der Waals surface area contributed by atoms with E-state index in [1.807, 2.05) is 0 Å². The third kappa shape index (κ3) is 4.77. The van der Waals surface area contributed by atoms with Crippen LogP contribution in [-0.4, -0.2) is 17.9 Å². The third-order valence-corrected chi connectivity index (χ3v) is 1.52. The first kappa shape index (κ1) is 11.0. The lowest BCUT2D eigenvalue weighted by Crippen LogP contribution is -2.13. The molecule has 0 saturated carbocycles. The van der Waals surface area contributed by atoms with Crippen molar-refractivity contribution in [1.29, 1.82) is 0 Å². The zero-order chi connectivity index (χ0) is 9.56. The topological polar surface area (TPSA) is 51.2 Å². The van der Waals surface area contributed by atoms with E-state index in [1.54, 1.807) is 20.1 Å². The number of Topliss-reactive ketones (excluding diaryl/α,β-unsaturated/α-hetero) is 2. The van der Waals surface area contributed by atoms with Crippen molar-refractivity contribution >= 4 is 17.9 Å². The molecule has 0 aliphatic rings. The average molecular weight is 169 g/mol. The molecule has 0 aliphatic carbocycles. The first-order chi connectivity index (χ1) is 5.57. The fraction of sp³-hybridized carbons (Fsp3) is 0.667. The molecule has 0 atom stereocenters. The lowest BCUT2D eigenvalue weighted by atomic mass is 10.0. The molecule has 0 rings (SSSR count). The minimum Gasteiger partial charge on any atom is -0.299 e. The van der Waals surface area contributed by atoms with Gasteiger partial charge in [-0.3, -0.25) is 14.4 Å². The predicted octanol–water partition coefficient (Wildman–Crippen LogP) is 1.06. The van der Waals surface area contributed by atoms with Gasteiger partial charge < -0.3 is 0 Å². The molecule has 0 aliphatic heterocycles. The number of rotatable bonds is 6. The van der Waals surface area contributed by atoms with Gasteiger partial charge in [-0.1, -0.05) is 13.8 Å². The van der Waals surface area contributed by atoms with E-state index in [-0.39, 0.29) is 36.7 Å². The second-order valence-electron chi connectivity index (χ2n) is 2.98. The maximum absolute atomic E-state index is 11.0. The Morgan fingerprint density at radius 2 is 1.92 bits per heavy atom. The third-order valence-electron chi connectivity index (χ3n) is 1.52. The van der Waals surface area contributed by atoms with Crippen molar-refractivity contribution in [2.24, 2.45) is 5.92 Å². The van der Waals surface area contributed by atoms with Crippen LogP contribution in [0.1, 0.15) is 33.1 Å². The van der Waals surface area contributed by atoms with Crippen LogP contribution in [-0.2, 0) is 14.4 Å². The number of hydrogen-bond donors (Lipinski definition) is 0. The summed E-state index contributed by atoms with van der Waals surface area (Å²) < 4.78 is 0. The Morgan fingerprint density at radius 3 is 2.33 bits per heavy atom. The van der Waals surface area contributed by atoms with Gasteiger partial charge in [0.25, 0.3) is 0 Å². The summed E-state index contributed by atoms with van der Waals surface area (Å²) in [5.74, 6) is -0.336. The molecule has 0 bridgehead atoms. The molecular formula is C9H13O3. The van der Waals surface area contributed by atoms with Crippen LogP contribution in [0.25, 0.3) is 0 Å². The van der Waals surface area contributed by atoms with Gasteiger partial charge in [-0.15, -0.1) is 0 Å². The second-order valence-corrected chi connectivity index (χ2v) is 2.98. The number of ketones is 2. The summed E-state index contributed by atoms with van der Waals surface area (Å²) in [6, 6.07) is 0. The Hall–Kier alpha value is -0.990. The minimum absolute atomic E-state index is 0.0423. The Kier molecular flexibility index (Phi) is 5.17. The van der Waals surface area contributed by atoms with Gasteiger partial charge in [0.05, 0.1) is 6.42 Å². The first-order valence-corrected chi connectivity index (χ1v) is 3.97. The van der Waals surface area contributed by atoms with Crippen LogP contribution in [0, 0.1) is 5.92 Å². The lowest BCUT2D eigenvalue weighted by Gasteiger charge is -2.01. The van der Waals surface area contributed by atoms with Crippen LogP contribution in [0.2, 0.25) is 0 Å². The zero-order valence-electron chi connectivity index (χ0n) is 7.42. The molecule has 0 spiro atoms. The van der Waals surface area contributed by atoms with E-state index in [0.29, 0.717) is 0 Å². The van der Waals surface area contributed by atoms with E-state index in [4.69, 9.17) is 0 Å². The molecule has 1 radical (unpaired) electrons. The lowest BCUT2D eigenvalue weighted by molar-refractivity contribution is -0.128. The van der Waals surface area contributed by atoms with Crippen molar-refractivity contribution in [3.8, 4) is 0 Å². The van der Waals surface area contributed by atoms with Crippen LogP contribution >= 0.6 is 0 Å². The molecule has 67 valence electrons. The summed E-state index contributed by atoms with van der Waals surface area (Å²) in [6.45, 7) is 3.50. The Morgan fingerprint density at radius 1 is 1.33 bits per heavy atom. The highest BCUT2D eigenvalue weighted by Crippen LogP contribution is 2.01. The van der Waals surface area contributed by atoms with Gasteiger partial charge in [0.2, 0.25) is 0 Å². The molecule has 0 saturated heterocycles. The molecule has 0 unspecified atom stereocenters. The molecule has 0 aromatic rings. The standard InChI is InChI=1S/C9H13O3/c1-7(2)9(12)6-8(11)4-3-5-10/h7H,3-4,6H2,1-2H3. The fourth-order valence-electron chi connectivity index (χ4n) is 0.677. The van der Waals surface area contributed by atoms with Gasteiger partial charge in [-0.2, -0.15) is 0 Å². The molecule has 0 amide bonds. The Labute approximate surface area is 72.1 Å². The highest BCUT2D eigenvalue weighted by atomic mass is 16.1. The quantitative estimate of drug-likeness (QED) is 0.558. The van der Waals surface area contributed by atoms with Crippen molar-refractivity contribution < 1.29 is 14.4 Å². The Bertz CT molecular complexity index is 182. The molecular weight excluding hydrogens is 156 g/mol. The molecule has 0 aromatic heterocycles. The first-order valence-electron chi connectivity index (χ1n) is 3.97. The van der Waals surface area contributed by atoms with Crippen LogP contribution < -0.4 is 0 Å². The van der Waals surface area contributed by atoms with Gasteiger partial charge in [-0.25, -0.2) is 0 Å². The van der Waals surface area contributed by atoms with Gasteiger partial charge in [0, 0.05) is 18.8 Å². The molecule has 0 fully saturated rings. The van der Waals surface area contributed by atoms with Crippen LogP contribution in [0.5, 0.6) is 0 Å². The van der Waals surface area contributed by atoms with E-state index in [9.17, 15) is 14.4 Å². The maximum Gasteiger partial charge on any atom is 0.198 e. The van der Waals surface area contributed by atoms with Crippen molar-refractivity contribution in [2.45, 2.75) is 33.1 Å². The second kappa shape index (κ2) is 5.63. The molecule has 3 nitrogen and oxygen atoms in total. The molecule has 0 aromatic carbocycles. The number of hydrogen-bond acceptors (Lipinski definition) is 3. The van der Waals surface area contributed by atoms with E-state index >= 15 is 0 Å². The largest absolute Gasteiger partial charge is 0.299 e. The van der Waals surface area contributed by atoms with E-state index in [1.165, 1.54) is 0 Å². The van der Waals surface area contributed by atoms with Crippen LogP contribution in [0.4, 0.5) is 0 Å². The van der Waals surface area contributed by atoms with E-state index in [2.05, 4.69) is 0 Å². The van der Waals surface area contributed by atoms with Gasteiger partial charge >= 0.3 is 0 Å². The van der Waals surface area contributed by atoms with E-state index < -0.39 is 0 Å². The van der Waals surface area contributed by atoms with Crippen molar-refractivity contribution in [1.82, 2.24) is 0 Å². The molecule has 3 heteroatoms. The molecule has 0 heterocycles. The van der Waals surface area contributed by atoms with Crippen LogP contribution in [0.3, 0.4) is 0 Å². The van der Waals surface area contributed by atoms with Crippen LogP contribution in [0.15, 0.2) is 0 Å². The SMILES string of the molecule is CC(C)C(=O)CC(=O)CC[C]=O. The monoisotopic (exact) mass is 169 g/mol. The van der Waals surface area contributed by atoms with Gasteiger partial charge in [0.1, 0.15) is 11.6 Å². The summed E-state index contributed by atoms with van der Waals surface area (Å²) in [7, 11) is 0. The smallest absolute Gasteiger partial charge is 0.198 e. The summed E-state index contributed by atoms with van der Waals surface area (Å²) in [6.07, 6.45) is 1.82. The summed E-state index contributed by atoms with van der Waals surface area (Å²) in [5.41, 5.74) is 0. The minimum atomic E-state index is -0.169. The maximum atomic E-state index is 11.0. The number of carbonyl (C=O) groups is 2. The van der Waals surface area contributed by atoms with Crippen molar-refractivity contribution in [3.63, 3.8) is 0 Å². The van der Waals surface area contributed by atoms with Gasteiger partial charge in [0.15, 0.2) is 6.29 Å².